The highest BCUT2D eigenvalue weighted by molar-refractivity contribution is 7.86. The Labute approximate surface area is 154 Å². The Balaban J connectivity index is 1.82. The predicted molar refractivity (Wildman–Crippen MR) is 98.2 cm³/mol. The van der Waals surface area contributed by atoms with Crippen LogP contribution in [0.5, 0.6) is 0 Å². The number of nitrogens with zero attached hydrogens (tertiary/aromatic N) is 4. The maximum atomic E-state index is 13.0. The summed E-state index contributed by atoms with van der Waals surface area (Å²) in [6, 6.07) is 3.02. The van der Waals surface area contributed by atoms with Crippen LogP contribution in [0, 0.1) is 0 Å². The van der Waals surface area contributed by atoms with Gasteiger partial charge in [0.2, 0.25) is 0 Å². The van der Waals surface area contributed by atoms with Gasteiger partial charge in [0, 0.05) is 37.2 Å². The Morgan fingerprint density at radius 1 is 1.19 bits per heavy atom. The lowest BCUT2D eigenvalue weighted by molar-refractivity contribution is 0.0697. The molecule has 1 atom stereocenters. The third kappa shape index (κ3) is 4.00. The fourth-order valence-electron chi connectivity index (χ4n) is 3.40. The maximum absolute atomic E-state index is 13.0. The molecule has 2 aliphatic rings. The van der Waals surface area contributed by atoms with E-state index in [-0.39, 0.29) is 23.6 Å². The minimum Gasteiger partial charge on any atom is -0.379 e. The molecular formula is C17H28N4O4S. The van der Waals surface area contributed by atoms with Crippen LogP contribution in [0.25, 0.3) is 0 Å². The zero-order valence-electron chi connectivity index (χ0n) is 15.7. The van der Waals surface area contributed by atoms with E-state index in [0.717, 1.165) is 18.5 Å². The Kier molecular flexibility index (Phi) is 5.53. The average molecular weight is 385 g/mol. The largest absolute Gasteiger partial charge is 0.379 e. The van der Waals surface area contributed by atoms with Crippen LogP contribution in [0.15, 0.2) is 16.9 Å². The van der Waals surface area contributed by atoms with Gasteiger partial charge in [0.25, 0.3) is 15.8 Å². The van der Waals surface area contributed by atoms with Crippen molar-refractivity contribution in [3.05, 3.63) is 28.2 Å². The highest BCUT2D eigenvalue weighted by Crippen LogP contribution is 2.25. The van der Waals surface area contributed by atoms with Gasteiger partial charge in [-0.25, -0.2) is 4.68 Å². The number of aromatic nitrogens is 2. The normalized spacial score (nSPS) is 23.4. The summed E-state index contributed by atoms with van der Waals surface area (Å²) in [5.74, 6) is 0. The van der Waals surface area contributed by atoms with Crippen LogP contribution in [0.1, 0.15) is 39.3 Å². The highest BCUT2D eigenvalue weighted by atomic mass is 32.2. The average Bonchev–Trinajstić information content (AvgIpc) is 3.05. The van der Waals surface area contributed by atoms with Crippen LogP contribution in [-0.4, -0.2) is 65.7 Å². The van der Waals surface area contributed by atoms with Crippen LogP contribution in [0.4, 0.5) is 0 Å². The zero-order chi connectivity index (χ0) is 18.9. The molecule has 8 nitrogen and oxygen atoms in total. The molecular weight excluding hydrogens is 356 g/mol. The van der Waals surface area contributed by atoms with E-state index >= 15 is 0 Å². The van der Waals surface area contributed by atoms with Gasteiger partial charge in [-0.05, 0) is 18.9 Å². The lowest BCUT2D eigenvalue weighted by Crippen LogP contribution is -2.51. The SMILES string of the molecule is CC(C)(C)c1ccc(=O)n(CC2CCCN2S(=O)(=O)N2CCOCC2)n1. The minimum atomic E-state index is -3.54. The van der Waals surface area contributed by atoms with Gasteiger partial charge >= 0.3 is 0 Å². The van der Waals surface area contributed by atoms with Crippen LogP contribution < -0.4 is 5.56 Å². The first-order valence-corrected chi connectivity index (χ1v) is 10.5. The van der Waals surface area contributed by atoms with Gasteiger partial charge in [-0.15, -0.1) is 0 Å². The quantitative estimate of drug-likeness (QED) is 0.758. The molecule has 1 unspecified atom stereocenters. The topological polar surface area (TPSA) is 84.7 Å². The maximum Gasteiger partial charge on any atom is 0.282 e. The molecule has 1 aromatic heterocycles. The second kappa shape index (κ2) is 7.38. The molecule has 3 rings (SSSR count). The Hall–Kier alpha value is -1.29. The van der Waals surface area contributed by atoms with E-state index in [1.165, 1.54) is 19.4 Å². The van der Waals surface area contributed by atoms with E-state index in [0.29, 0.717) is 32.8 Å². The Bertz CT molecular complexity index is 794. The van der Waals surface area contributed by atoms with Crippen molar-refractivity contribution in [2.24, 2.45) is 0 Å². The molecule has 26 heavy (non-hydrogen) atoms. The van der Waals surface area contributed by atoms with Gasteiger partial charge in [-0.2, -0.15) is 22.1 Å². The molecule has 0 aromatic carbocycles. The van der Waals surface area contributed by atoms with E-state index in [1.54, 1.807) is 6.07 Å². The summed E-state index contributed by atoms with van der Waals surface area (Å²) in [4.78, 5) is 12.2. The molecule has 0 spiro atoms. The van der Waals surface area contributed by atoms with E-state index in [9.17, 15) is 13.2 Å². The van der Waals surface area contributed by atoms with Gasteiger partial charge in [0.1, 0.15) is 0 Å². The van der Waals surface area contributed by atoms with Gasteiger partial charge in [-0.3, -0.25) is 4.79 Å². The van der Waals surface area contributed by atoms with Crippen molar-refractivity contribution in [3.63, 3.8) is 0 Å². The van der Waals surface area contributed by atoms with E-state index in [1.807, 2.05) is 20.8 Å². The third-order valence-electron chi connectivity index (χ3n) is 4.93. The van der Waals surface area contributed by atoms with Crippen LogP contribution in [-0.2, 0) is 26.9 Å². The zero-order valence-corrected chi connectivity index (χ0v) is 16.5. The van der Waals surface area contributed by atoms with Gasteiger partial charge in [-0.1, -0.05) is 20.8 Å². The predicted octanol–water partition coefficient (Wildman–Crippen LogP) is 0.582. The molecule has 146 valence electrons. The molecule has 0 saturated carbocycles. The first kappa shape index (κ1) is 19.5. The van der Waals surface area contributed by atoms with E-state index < -0.39 is 10.2 Å². The molecule has 2 saturated heterocycles. The summed E-state index contributed by atoms with van der Waals surface area (Å²) in [6.07, 6.45) is 1.53. The van der Waals surface area contributed by atoms with Crippen molar-refractivity contribution in [2.45, 2.75) is 51.6 Å². The van der Waals surface area contributed by atoms with Crippen molar-refractivity contribution in [3.8, 4) is 0 Å². The molecule has 1 aromatic rings. The lowest BCUT2D eigenvalue weighted by Gasteiger charge is -2.33. The first-order valence-electron chi connectivity index (χ1n) is 9.13. The molecule has 0 bridgehead atoms. The van der Waals surface area contributed by atoms with Crippen molar-refractivity contribution in [2.75, 3.05) is 32.8 Å². The fourth-order valence-corrected chi connectivity index (χ4v) is 5.22. The molecule has 0 amide bonds. The van der Waals surface area contributed by atoms with Crippen LogP contribution >= 0.6 is 0 Å². The van der Waals surface area contributed by atoms with Gasteiger partial charge in [0.05, 0.1) is 25.5 Å². The standard InChI is InChI=1S/C17H28N4O4S/c1-17(2,3)15-6-7-16(22)20(18-15)13-14-5-4-8-21(14)26(23,24)19-9-11-25-12-10-19/h6-7,14H,4-5,8-13H2,1-3H3. The molecule has 2 fully saturated rings. The number of hydrogen-bond donors (Lipinski definition) is 0. The summed E-state index contributed by atoms with van der Waals surface area (Å²) >= 11 is 0. The molecule has 9 heteroatoms. The molecule has 0 N–H and O–H groups in total. The Morgan fingerprint density at radius 2 is 1.88 bits per heavy atom. The number of morpholine rings is 1. The van der Waals surface area contributed by atoms with Crippen molar-refractivity contribution >= 4 is 10.2 Å². The van der Waals surface area contributed by atoms with Crippen molar-refractivity contribution in [1.29, 1.82) is 0 Å². The van der Waals surface area contributed by atoms with E-state index in [2.05, 4.69) is 5.10 Å². The number of rotatable bonds is 4. The van der Waals surface area contributed by atoms with E-state index in [4.69, 9.17) is 4.74 Å². The second-order valence-electron chi connectivity index (χ2n) is 7.91. The van der Waals surface area contributed by atoms with Crippen molar-refractivity contribution in [1.82, 2.24) is 18.4 Å². The first-order chi connectivity index (χ1) is 12.2. The summed E-state index contributed by atoms with van der Waals surface area (Å²) in [7, 11) is -3.54. The minimum absolute atomic E-state index is 0.176. The van der Waals surface area contributed by atoms with Crippen LogP contribution in [0.3, 0.4) is 0 Å². The summed E-state index contributed by atoms with van der Waals surface area (Å²) in [6.45, 7) is 8.48. The van der Waals surface area contributed by atoms with Gasteiger partial charge in [0.15, 0.2) is 0 Å². The Morgan fingerprint density at radius 3 is 2.54 bits per heavy atom. The fraction of sp³-hybridized carbons (Fsp3) is 0.765. The summed E-state index contributed by atoms with van der Waals surface area (Å²) in [5, 5.41) is 4.49. The monoisotopic (exact) mass is 384 g/mol. The molecule has 0 aliphatic carbocycles. The third-order valence-corrected chi connectivity index (χ3v) is 7.03. The smallest absolute Gasteiger partial charge is 0.282 e. The molecule has 0 radical (unpaired) electrons. The highest BCUT2D eigenvalue weighted by Gasteiger charge is 2.39. The molecule has 2 aliphatic heterocycles. The summed E-state index contributed by atoms with van der Waals surface area (Å²) in [5.41, 5.74) is 0.441. The van der Waals surface area contributed by atoms with Crippen molar-refractivity contribution < 1.29 is 13.2 Å². The second-order valence-corrected chi connectivity index (χ2v) is 9.80. The van der Waals surface area contributed by atoms with Crippen LogP contribution in [0.2, 0.25) is 0 Å². The molecule has 3 heterocycles. The number of hydrogen-bond acceptors (Lipinski definition) is 5. The van der Waals surface area contributed by atoms with Gasteiger partial charge < -0.3 is 4.74 Å². The number of ether oxygens (including phenoxy) is 1. The lowest BCUT2D eigenvalue weighted by atomic mass is 9.92. The summed E-state index contributed by atoms with van der Waals surface area (Å²) < 4.78 is 35.7.